The van der Waals surface area contributed by atoms with Gasteiger partial charge in [-0.3, -0.25) is 38.4 Å². The van der Waals surface area contributed by atoms with Crippen molar-refractivity contribution in [3.8, 4) is 0 Å². The maximum absolute atomic E-state index is 13.1. The fraction of sp³-hybridized carbons (Fsp3) is 0.667. The summed E-state index contributed by atoms with van der Waals surface area (Å²) >= 11 is 0. The topological polar surface area (TPSA) is 273 Å². The summed E-state index contributed by atoms with van der Waals surface area (Å²) in [5, 5.41) is 31.6. The Morgan fingerprint density at radius 3 is 1.67 bits per heavy atom. The van der Waals surface area contributed by atoms with Gasteiger partial charge in [0.15, 0.2) is 11.6 Å². The molecule has 3 amide bonds. The summed E-state index contributed by atoms with van der Waals surface area (Å²) < 4.78 is 0. The number of carbonyl (C=O) groups excluding carboxylic acids is 5. The molecule has 0 aromatic carbocycles. The number of nitrogens with one attached hydrogen (secondary N) is 2. The Balaban J connectivity index is 5.78. The molecule has 0 aliphatic rings. The number of carboxylic acids is 3. The first kappa shape index (κ1) is 35.1. The zero-order valence-electron chi connectivity index (χ0n) is 22.2. The normalized spacial score (nSPS) is 14.8. The van der Waals surface area contributed by atoms with E-state index in [1.54, 1.807) is 20.8 Å². The van der Waals surface area contributed by atoms with Gasteiger partial charge in [0.2, 0.25) is 17.7 Å². The van der Waals surface area contributed by atoms with Crippen LogP contribution >= 0.6 is 0 Å². The molecule has 39 heavy (non-hydrogen) atoms. The van der Waals surface area contributed by atoms with Crippen molar-refractivity contribution in [1.82, 2.24) is 10.6 Å². The van der Waals surface area contributed by atoms with E-state index >= 15 is 0 Å². The standard InChI is InChI=1S/C24H38N4O11/c1-4-12(22(26)37)7-17(29)16(10-21(35)36)28-23(38)13(11(2)3)8-18(30)15(5-6-19(31)32)27-24(39)14(25)9-20(33)34/h11-16H,4-10,25H2,1-3H3,(H2,26,37)(H,27,39)(H,28,38)(H,31,32)(H,33,34)(H,35,36)/t12?,13-,14?,15-,16?/m0/s1. The maximum atomic E-state index is 13.1. The number of carbonyl (C=O) groups is 8. The highest BCUT2D eigenvalue weighted by molar-refractivity contribution is 5.97. The second kappa shape index (κ2) is 16.9. The number of carboxylic acid groups (broad SMARTS) is 3. The van der Waals surface area contributed by atoms with Crippen LogP contribution in [0.25, 0.3) is 0 Å². The maximum Gasteiger partial charge on any atom is 0.305 e. The predicted octanol–water partition coefficient (Wildman–Crippen LogP) is -1.20. The molecule has 5 atom stereocenters. The van der Waals surface area contributed by atoms with Gasteiger partial charge < -0.3 is 37.4 Å². The van der Waals surface area contributed by atoms with Gasteiger partial charge >= 0.3 is 17.9 Å². The number of ketones is 2. The van der Waals surface area contributed by atoms with E-state index in [0.717, 1.165) is 0 Å². The third kappa shape index (κ3) is 13.5. The van der Waals surface area contributed by atoms with E-state index in [1.807, 2.05) is 0 Å². The minimum atomic E-state index is -1.51. The molecule has 220 valence electrons. The number of amides is 3. The van der Waals surface area contributed by atoms with Crippen molar-refractivity contribution in [3.63, 3.8) is 0 Å². The molecule has 9 N–H and O–H groups in total. The Morgan fingerprint density at radius 2 is 1.23 bits per heavy atom. The van der Waals surface area contributed by atoms with Crippen molar-refractivity contribution in [2.45, 2.75) is 83.8 Å². The van der Waals surface area contributed by atoms with Crippen LogP contribution in [0.2, 0.25) is 0 Å². The molecular formula is C24H38N4O11. The van der Waals surface area contributed by atoms with Crippen molar-refractivity contribution in [1.29, 1.82) is 0 Å². The SMILES string of the molecule is CCC(CC(=O)C(CC(=O)O)NC(=O)[C@@H](CC(=O)[C@H](CCC(=O)O)NC(=O)C(N)CC(=O)O)C(C)C)C(N)=O. The van der Waals surface area contributed by atoms with Gasteiger partial charge in [0, 0.05) is 31.1 Å². The lowest BCUT2D eigenvalue weighted by atomic mass is 9.86. The van der Waals surface area contributed by atoms with Crippen LogP contribution in [-0.4, -0.2) is 80.6 Å². The van der Waals surface area contributed by atoms with E-state index < -0.39 is 115 Å². The third-order valence-electron chi connectivity index (χ3n) is 6.07. The summed E-state index contributed by atoms with van der Waals surface area (Å²) in [5.41, 5.74) is 10.8. The summed E-state index contributed by atoms with van der Waals surface area (Å²) in [4.78, 5) is 95.8. The van der Waals surface area contributed by atoms with Gasteiger partial charge in [0.25, 0.3) is 0 Å². The van der Waals surface area contributed by atoms with E-state index in [0.29, 0.717) is 0 Å². The lowest BCUT2D eigenvalue weighted by Crippen LogP contribution is -2.51. The van der Waals surface area contributed by atoms with Gasteiger partial charge in [-0.05, 0) is 18.8 Å². The first-order valence-electron chi connectivity index (χ1n) is 12.4. The van der Waals surface area contributed by atoms with Crippen molar-refractivity contribution in [2.24, 2.45) is 29.2 Å². The molecular weight excluding hydrogens is 520 g/mol. The van der Waals surface area contributed by atoms with E-state index in [2.05, 4.69) is 10.6 Å². The lowest BCUT2D eigenvalue weighted by Gasteiger charge is -2.26. The molecule has 0 rings (SSSR count). The van der Waals surface area contributed by atoms with E-state index in [9.17, 15) is 43.5 Å². The number of primary amides is 1. The van der Waals surface area contributed by atoms with E-state index in [1.165, 1.54) is 0 Å². The predicted molar refractivity (Wildman–Crippen MR) is 134 cm³/mol. The fourth-order valence-electron chi connectivity index (χ4n) is 3.66. The lowest BCUT2D eigenvalue weighted by molar-refractivity contribution is -0.142. The van der Waals surface area contributed by atoms with Crippen LogP contribution in [0.15, 0.2) is 0 Å². The van der Waals surface area contributed by atoms with Crippen LogP contribution < -0.4 is 22.1 Å². The zero-order chi connectivity index (χ0) is 30.4. The molecule has 0 aromatic rings. The molecule has 0 spiro atoms. The second-order valence-electron chi connectivity index (χ2n) is 9.56. The van der Waals surface area contributed by atoms with Crippen LogP contribution in [0.5, 0.6) is 0 Å². The van der Waals surface area contributed by atoms with Crippen molar-refractivity contribution in [2.75, 3.05) is 0 Å². The van der Waals surface area contributed by atoms with Crippen LogP contribution in [-0.2, 0) is 38.4 Å². The Morgan fingerprint density at radius 1 is 0.718 bits per heavy atom. The highest BCUT2D eigenvalue weighted by Gasteiger charge is 2.34. The highest BCUT2D eigenvalue weighted by Crippen LogP contribution is 2.20. The van der Waals surface area contributed by atoms with Crippen molar-refractivity contribution in [3.05, 3.63) is 0 Å². The fourth-order valence-corrected chi connectivity index (χ4v) is 3.66. The van der Waals surface area contributed by atoms with E-state index in [4.69, 9.17) is 21.7 Å². The van der Waals surface area contributed by atoms with Gasteiger partial charge in [-0.2, -0.15) is 0 Å². The summed E-state index contributed by atoms with van der Waals surface area (Å²) in [6.45, 7) is 4.78. The van der Waals surface area contributed by atoms with Gasteiger partial charge in [-0.1, -0.05) is 20.8 Å². The summed E-state index contributed by atoms with van der Waals surface area (Å²) in [6.07, 6.45) is -3.11. The van der Waals surface area contributed by atoms with Gasteiger partial charge in [0.05, 0.1) is 31.0 Å². The Bertz CT molecular complexity index is 950. The van der Waals surface area contributed by atoms with E-state index in [-0.39, 0.29) is 12.8 Å². The minimum absolute atomic E-state index is 0.220. The molecule has 15 nitrogen and oxygen atoms in total. The van der Waals surface area contributed by atoms with Gasteiger partial charge in [0.1, 0.15) is 0 Å². The summed E-state index contributed by atoms with van der Waals surface area (Å²) in [6, 6.07) is -4.42. The van der Waals surface area contributed by atoms with Crippen LogP contribution in [0.4, 0.5) is 0 Å². The molecule has 0 saturated carbocycles. The first-order valence-corrected chi connectivity index (χ1v) is 12.4. The zero-order valence-corrected chi connectivity index (χ0v) is 22.2. The highest BCUT2D eigenvalue weighted by atomic mass is 16.4. The molecule has 0 heterocycles. The average Bonchev–Trinajstić information content (AvgIpc) is 2.81. The largest absolute Gasteiger partial charge is 0.481 e. The van der Waals surface area contributed by atoms with Crippen molar-refractivity contribution < 1.29 is 53.7 Å². The van der Waals surface area contributed by atoms with Crippen molar-refractivity contribution >= 4 is 47.2 Å². The second-order valence-corrected chi connectivity index (χ2v) is 9.56. The van der Waals surface area contributed by atoms with Gasteiger partial charge in [-0.25, -0.2) is 0 Å². The smallest absolute Gasteiger partial charge is 0.305 e. The monoisotopic (exact) mass is 558 g/mol. The molecule has 0 radical (unpaired) electrons. The van der Waals surface area contributed by atoms with Gasteiger partial charge in [-0.15, -0.1) is 0 Å². The summed E-state index contributed by atoms with van der Waals surface area (Å²) in [7, 11) is 0. The molecule has 0 fully saturated rings. The molecule has 0 aromatic heterocycles. The number of rotatable bonds is 20. The number of Topliss-reactive ketones (excluding diaryl/α,β-unsaturated/α-hetero) is 2. The molecule has 3 unspecified atom stereocenters. The molecule has 0 bridgehead atoms. The number of nitrogens with two attached hydrogens (primary N) is 2. The number of aliphatic carboxylic acids is 3. The average molecular weight is 559 g/mol. The van der Waals surface area contributed by atoms with Crippen LogP contribution in [0.1, 0.15) is 65.7 Å². The molecule has 0 aliphatic heterocycles. The Kier molecular flexibility index (Phi) is 15.2. The number of hydrogen-bond acceptors (Lipinski definition) is 9. The number of hydrogen-bond donors (Lipinski definition) is 7. The third-order valence-corrected chi connectivity index (χ3v) is 6.07. The minimum Gasteiger partial charge on any atom is -0.481 e. The quantitative estimate of drug-likeness (QED) is 0.0928. The summed E-state index contributed by atoms with van der Waals surface area (Å²) in [5.74, 6) is -10.6. The van der Waals surface area contributed by atoms with Crippen LogP contribution in [0, 0.1) is 17.8 Å². The molecule has 0 saturated heterocycles. The first-order chi connectivity index (χ1) is 18.0. The Hall–Kier alpha value is -3.88. The molecule has 15 heteroatoms. The van der Waals surface area contributed by atoms with Crippen LogP contribution in [0.3, 0.4) is 0 Å². The Labute approximate surface area is 225 Å². The molecule has 0 aliphatic carbocycles.